The summed E-state index contributed by atoms with van der Waals surface area (Å²) < 4.78 is 0. The molecule has 0 radical (unpaired) electrons. The molecule has 0 aliphatic heterocycles. The lowest BCUT2D eigenvalue weighted by Crippen LogP contribution is -2.50. The Labute approximate surface area is 131 Å². The smallest absolute Gasteiger partial charge is 0.246 e. The summed E-state index contributed by atoms with van der Waals surface area (Å²) in [5, 5.41) is 47.3. The third kappa shape index (κ3) is 7.33. The van der Waals surface area contributed by atoms with E-state index in [1.54, 1.807) is 0 Å². The first-order valence-electron chi connectivity index (χ1n) is 7.63. The van der Waals surface area contributed by atoms with Crippen molar-refractivity contribution in [2.24, 2.45) is 0 Å². The lowest BCUT2D eigenvalue weighted by atomic mass is 10.0. The second-order valence-electron chi connectivity index (χ2n) is 5.35. The maximum atomic E-state index is 11.8. The number of hydrogen-bond acceptors (Lipinski definition) is 6. The molecular weight excluding hydrogens is 290 g/mol. The zero-order chi connectivity index (χ0) is 17.1. The Morgan fingerprint density at radius 3 is 2.18 bits per heavy atom. The van der Waals surface area contributed by atoms with E-state index in [-0.39, 0.29) is 12.5 Å². The van der Waals surface area contributed by atoms with E-state index < -0.39 is 31.0 Å². The van der Waals surface area contributed by atoms with E-state index in [4.69, 9.17) is 5.11 Å². The van der Waals surface area contributed by atoms with Crippen molar-refractivity contribution < 1.29 is 30.3 Å². The van der Waals surface area contributed by atoms with E-state index in [9.17, 15) is 25.2 Å². The summed E-state index contributed by atoms with van der Waals surface area (Å²) in [4.78, 5) is 13.1. The molecule has 0 aromatic rings. The van der Waals surface area contributed by atoms with Crippen LogP contribution in [0.2, 0.25) is 0 Å². The molecule has 130 valence electrons. The molecule has 0 unspecified atom stereocenters. The second-order valence-corrected chi connectivity index (χ2v) is 5.35. The van der Waals surface area contributed by atoms with Crippen molar-refractivity contribution in [3.8, 4) is 0 Å². The summed E-state index contributed by atoms with van der Waals surface area (Å²) in [7, 11) is 0. The number of amides is 1. The number of carbonyl (C=O) groups excluding carboxylic acids is 1. The molecule has 7 heteroatoms. The van der Waals surface area contributed by atoms with Gasteiger partial charge in [-0.3, -0.25) is 4.79 Å². The molecule has 22 heavy (non-hydrogen) atoms. The fourth-order valence-corrected chi connectivity index (χ4v) is 2.05. The van der Waals surface area contributed by atoms with Crippen LogP contribution in [0.3, 0.4) is 0 Å². The number of unbranched alkanes of at least 4 members (excludes halogenated alkanes) is 3. The van der Waals surface area contributed by atoms with Crippen LogP contribution in [-0.2, 0) is 4.79 Å². The summed E-state index contributed by atoms with van der Waals surface area (Å²) in [5.74, 6) is -0.375. The van der Waals surface area contributed by atoms with Gasteiger partial charge in [-0.25, -0.2) is 0 Å². The van der Waals surface area contributed by atoms with Gasteiger partial charge in [0.25, 0.3) is 0 Å². The monoisotopic (exact) mass is 319 g/mol. The molecule has 0 aliphatic carbocycles. The highest BCUT2D eigenvalue weighted by Gasteiger charge is 2.31. The average Bonchev–Trinajstić information content (AvgIpc) is 2.54. The summed E-state index contributed by atoms with van der Waals surface area (Å²) >= 11 is 0. The molecule has 0 saturated carbocycles. The van der Waals surface area contributed by atoms with Crippen molar-refractivity contribution in [2.45, 2.75) is 57.0 Å². The number of aliphatic hydroxyl groups is 5. The van der Waals surface area contributed by atoms with Crippen molar-refractivity contribution in [1.82, 2.24) is 4.90 Å². The molecule has 0 aromatic heterocycles. The Kier molecular flexibility index (Phi) is 11.0. The summed E-state index contributed by atoms with van der Waals surface area (Å²) in [5.41, 5.74) is 0. The van der Waals surface area contributed by atoms with Crippen LogP contribution in [-0.4, -0.2) is 80.5 Å². The minimum absolute atomic E-state index is 0.187. The zero-order valence-electron chi connectivity index (χ0n) is 13.1. The number of aliphatic hydroxyl groups excluding tert-OH is 5. The van der Waals surface area contributed by atoms with Crippen LogP contribution in [0.4, 0.5) is 0 Å². The molecule has 5 N–H and O–H groups in total. The second kappa shape index (κ2) is 11.6. The molecule has 0 fully saturated rings. The molecular formula is C15H29NO6. The molecule has 0 saturated heterocycles. The highest BCUT2D eigenvalue weighted by atomic mass is 16.4. The van der Waals surface area contributed by atoms with Gasteiger partial charge in [-0.1, -0.05) is 32.8 Å². The predicted molar refractivity (Wildman–Crippen MR) is 82.0 cm³/mol. The van der Waals surface area contributed by atoms with E-state index in [1.807, 2.05) is 0 Å². The van der Waals surface area contributed by atoms with Crippen LogP contribution in [0.1, 0.15) is 32.6 Å². The van der Waals surface area contributed by atoms with Crippen LogP contribution in [0.5, 0.6) is 0 Å². The van der Waals surface area contributed by atoms with Gasteiger partial charge in [-0.15, -0.1) is 0 Å². The number of hydrogen-bond donors (Lipinski definition) is 5. The van der Waals surface area contributed by atoms with Crippen LogP contribution in [0.25, 0.3) is 0 Å². The molecule has 0 heterocycles. The normalized spacial score (nSPS) is 16.6. The Morgan fingerprint density at radius 2 is 1.68 bits per heavy atom. The molecule has 0 bridgehead atoms. The van der Waals surface area contributed by atoms with Crippen molar-refractivity contribution in [3.05, 3.63) is 12.7 Å². The standard InChI is InChI=1S/C15H29NO6/c1-3-5-6-7-8-16(13(20)4-2)9-11(18)14(21)15(22)12(19)10-17/h4,11-12,14-15,17-19,21-22H,2-3,5-10H2,1H3/t11-,12+,14+,15+/m0/s1. The minimum atomic E-state index is -1.69. The van der Waals surface area contributed by atoms with Gasteiger partial charge in [0.2, 0.25) is 5.91 Å². The van der Waals surface area contributed by atoms with Gasteiger partial charge >= 0.3 is 0 Å². The number of carbonyl (C=O) groups is 1. The van der Waals surface area contributed by atoms with Crippen molar-refractivity contribution in [1.29, 1.82) is 0 Å². The van der Waals surface area contributed by atoms with Gasteiger partial charge in [0, 0.05) is 13.1 Å². The van der Waals surface area contributed by atoms with Gasteiger partial charge in [0.1, 0.15) is 24.4 Å². The van der Waals surface area contributed by atoms with E-state index in [2.05, 4.69) is 13.5 Å². The third-order valence-electron chi connectivity index (χ3n) is 3.50. The van der Waals surface area contributed by atoms with Crippen LogP contribution < -0.4 is 0 Å². The van der Waals surface area contributed by atoms with Gasteiger partial charge in [-0.2, -0.15) is 0 Å². The summed E-state index contributed by atoms with van der Waals surface area (Å²) in [6.45, 7) is 4.95. The van der Waals surface area contributed by atoms with Crippen LogP contribution >= 0.6 is 0 Å². The Balaban J connectivity index is 4.56. The fourth-order valence-electron chi connectivity index (χ4n) is 2.05. The third-order valence-corrected chi connectivity index (χ3v) is 3.50. The molecule has 1 amide bonds. The van der Waals surface area contributed by atoms with Crippen molar-refractivity contribution in [3.63, 3.8) is 0 Å². The largest absolute Gasteiger partial charge is 0.394 e. The minimum Gasteiger partial charge on any atom is -0.394 e. The average molecular weight is 319 g/mol. The van der Waals surface area contributed by atoms with Gasteiger partial charge in [0.15, 0.2) is 0 Å². The molecule has 0 aromatic carbocycles. The molecule has 4 atom stereocenters. The molecule has 0 spiro atoms. The maximum absolute atomic E-state index is 11.8. The highest BCUT2D eigenvalue weighted by molar-refractivity contribution is 5.87. The van der Waals surface area contributed by atoms with Crippen molar-refractivity contribution >= 4 is 5.91 Å². The summed E-state index contributed by atoms with van der Waals surface area (Å²) in [6.07, 6.45) is -1.43. The Bertz CT molecular complexity index is 325. The van der Waals surface area contributed by atoms with Gasteiger partial charge in [-0.05, 0) is 12.5 Å². The Hall–Kier alpha value is -0.990. The number of rotatable bonds is 12. The first-order chi connectivity index (χ1) is 10.4. The van der Waals surface area contributed by atoms with Crippen molar-refractivity contribution in [2.75, 3.05) is 19.7 Å². The lowest BCUT2D eigenvalue weighted by molar-refractivity contribution is -0.135. The number of nitrogens with zero attached hydrogens (tertiary/aromatic N) is 1. The van der Waals surface area contributed by atoms with Crippen LogP contribution in [0, 0.1) is 0 Å². The van der Waals surface area contributed by atoms with Gasteiger partial charge < -0.3 is 30.4 Å². The quantitative estimate of drug-likeness (QED) is 0.233. The first kappa shape index (κ1) is 21.0. The topological polar surface area (TPSA) is 121 Å². The predicted octanol–water partition coefficient (Wildman–Crippen LogP) is -0.983. The fraction of sp³-hybridized carbons (Fsp3) is 0.800. The highest BCUT2D eigenvalue weighted by Crippen LogP contribution is 2.09. The molecule has 7 nitrogen and oxygen atoms in total. The lowest BCUT2D eigenvalue weighted by Gasteiger charge is -2.30. The SMILES string of the molecule is C=CC(=O)N(CCCCCC)C[C@H](O)[C@@H](O)[C@H](O)[C@H](O)CO. The van der Waals surface area contributed by atoms with E-state index in [0.717, 1.165) is 31.8 Å². The zero-order valence-corrected chi connectivity index (χ0v) is 13.1. The molecule has 0 rings (SSSR count). The van der Waals surface area contributed by atoms with E-state index in [0.29, 0.717) is 6.54 Å². The first-order valence-corrected chi connectivity index (χ1v) is 7.63. The summed E-state index contributed by atoms with van der Waals surface area (Å²) in [6, 6.07) is 0. The molecule has 0 aliphatic rings. The van der Waals surface area contributed by atoms with Gasteiger partial charge in [0.05, 0.1) is 6.61 Å². The Morgan fingerprint density at radius 1 is 1.09 bits per heavy atom. The van der Waals surface area contributed by atoms with E-state index >= 15 is 0 Å². The van der Waals surface area contributed by atoms with Crippen LogP contribution in [0.15, 0.2) is 12.7 Å². The van der Waals surface area contributed by atoms with E-state index in [1.165, 1.54) is 4.90 Å². The maximum Gasteiger partial charge on any atom is 0.246 e.